The first-order valence-electron chi connectivity index (χ1n) is 8.14. The van der Waals surface area contributed by atoms with E-state index in [1.807, 2.05) is 0 Å². The van der Waals surface area contributed by atoms with E-state index in [1.54, 1.807) is 0 Å². The fourth-order valence-corrected chi connectivity index (χ4v) is 2.35. The number of rotatable bonds is 9. The first kappa shape index (κ1) is 17.0. The minimum Gasteiger partial charge on any atom is -0.381 e. The number of hydrogen-bond donors (Lipinski definition) is 1. The van der Waals surface area contributed by atoms with E-state index in [4.69, 9.17) is 4.74 Å². The van der Waals surface area contributed by atoms with Gasteiger partial charge in [-0.05, 0) is 37.3 Å². The fraction of sp³-hybridized carbons (Fsp3) is 0.438. The van der Waals surface area contributed by atoms with Crippen molar-refractivity contribution in [1.29, 1.82) is 0 Å². The summed E-state index contributed by atoms with van der Waals surface area (Å²) in [6, 6.07) is 4.26. The number of carbonyl (C=O) groups is 1. The van der Waals surface area contributed by atoms with Crippen molar-refractivity contribution in [3.63, 3.8) is 0 Å². The van der Waals surface area contributed by atoms with E-state index in [-0.39, 0.29) is 22.8 Å². The Morgan fingerprint density at radius 3 is 2.96 bits per heavy atom. The zero-order chi connectivity index (χ0) is 17.6. The molecule has 132 valence electrons. The van der Waals surface area contributed by atoms with Crippen LogP contribution >= 0.6 is 0 Å². The normalized spacial score (nSPS) is 13.6. The van der Waals surface area contributed by atoms with Gasteiger partial charge in [0.15, 0.2) is 0 Å². The van der Waals surface area contributed by atoms with Crippen LogP contribution in [0.3, 0.4) is 0 Å². The van der Waals surface area contributed by atoms with E-state index in [2.05, 4.69) is 15.4 Å². The van der Waals surface area contributed by atoms with Crippen LogP contribution in [0, 0.1) is 16.0 Å². The maximum atomic E-state index is 12.2. The van der Waals surface area contributed by atoms with Gasteiger partial charge in [-0.25, -0.2) is 9.67 Å². The number of hydrogen-bond acceptors (Lipinski definition) is 6. The van der Waals surface area contributed by atoms with Crippen LogP contribution in [-0.4, -0.2) is 45.4 Å². The van der Waals surface area contributed by atoms with Crippen molar-refractivity contribution in [1.82, 2.24) is 20.1 Å². The molecule has 25 heavy (non-hydrogen) atoms. The molecule has 0 atom stereocenters. The minimum atomic E-state index is -0.542. The highest BCUT2D eigenvalue weighted by Crippen LogP contribution is 2.28. The van der Waals surface area contributed by atoms with Gasteiger partial charge in [-0.3, -0.25) is 14.9 Å². The van der Waals surface area contributed by atoms with Gasteiger partial charge in [0.2, 0.25) is 0 Å². The molecule has 1 saturated carbocycles. The summed E-state index contributed by atoms with van der Waals surface area (Å²) in [5, 5.41) is 17.9. The molecule has 1 aromatic carbocycles. The van der Waals surface area contributed by atoms with Crippen molar-refractivity contribution in [2.24, 2.45) is 5.92 Å². The molecule has 1 aromatic heterocycles. The molecule has 9 heteroatoms. The van der Waals surface area contributed by atoms with Crippen LogP contribution in [-0.2, 0) is 4.74 Å². The van der Waals surface area contributed by atoms with Crippen molar-refractivity contribution in [2.75, 3.05) is 19.8 Å². The van der Waals surface area contributed by atoms with E-state index in [1.165, 1.54) is 48.4 Å². The number of benzene rings is 1. The van der Waals surface area contributed by atoms with E-state index in [9.17, 15) is 14.9 Å². The summed E-state index contributed by atoms with van der Waals surface area (Å²) in [5.41, 5.74) is 0.285. The highest BCUT2D eigenvalue weighted by Gasteiger charge is 2.21. The lowest BCUT2D eigenvalue weighted by molar-refractivity contribution is -0.384. The first-order chi connectivity index (χ1) is 12.1. The first-order valence-corrected chi connectivity index (χ1v) is 8.14. The second-order valence-electron chi connectivity index (χ2n) is 5.93. The predicted molar refractivity (Wildman–Crippen MR) is 88.5 cm³/mol. The van der Waals surface area contributed by atoms with Gasteiger partial charge in [0.05, 0.1) is 4.92 Å². The van der Waals surface area contributed by atoms with Crippen LogP contribution in [0.25, 0.3) is 5.69 Å². The van der Waals surface area contributed by atoms with Crippen LogP contribution in [0.2, 0.25) is 0 Å². The number of nitro groups is 1. The molecule has 3 rings (SSSR count). The van der Waals surface area contributed by atoms with Gasteiger partial charge >= 0.3 is 0 Å². The van der Waals surface area contributed by atoms with E-state index in [0.717, 1.165) is 12.5 Å². The Labute approximate surface area is 144 Å². The summed E-state index contributed by atoms with van der Waals surface area (Å²) in [6.45, 7) is 1.86. The molecule has 0 radical (unpaired) electrons. The van der Waals surface area contributed by atoms with Gasteiger partial charge in [-0.1, -0.05) is 0 Å². The fourth-order valence-electron chi connectivity index (χ4n) is 2.35. The largest absolute Gasteiger partial charge is 0.381 e. The minimum absolute atomic E-state index is 0.203. The smallest absolute Gasteiger partial charge is 0.295 e. The third-order valence-corrected chi connectivity index (χ3v) is 3.90. The molecule has 1 aliphatic rings. The van der Waals surface area contributed by atoms with Crippen LogP contribution in [0.4, 0.5) is 5.69 Å². The molecule has 0 spiro atoms. The van der Waals surface area contributed by atoms with Crippen LogP contribution in [0.5, 0.6) is 0 Å². The highest BCUT2D eigenvalue weighted by molar-refractivity contribution is 5.95. The zero-order valence-electron chi connectivity index (χ0n) is 13.6. The van der Waals surface area contributed by atoms with Gasteiger partial charge in [0.25, 0.3) is 11.6 Å². The number of nitrogens with one attached hydrogen (secondary N) is 1. The third-order valence-electron chi connectivity index (χ3n) is 3.90. The second-order valence-corrected chi connectivity index (χ2v) is 5.93. The number of nitrogens with zero attached hydrogens (tertiary/aromatic N) is 4. The SMILES string of the molecule is O=C(NCCCOCC1CC1)c1ccc(-n2cncn2)c([N+](=O)[O-])c1. The third kappa shape index (κ3) is 4.60. The maximum Gasteiger partial charge on any atom is 0.295 e. The molecule has 1 aliphatic carbocycles. The Balaban J connectivity index is 1.56. The summed E-state index contributed by atoms with van der Waals surface area (Å²) in [4.78, 5) is 26.7. The van der Waals surface area contributed by atoms with Crippen molar-refractivity contribution in [3.05, 3.63) is 46.5 Å². The summed E-state index contributed by atoms with van der Waals surface area (Å²) >= 11 is 0. The lowest BCUT2D eigenvalue weighted by Crippen LogP contribution is -2.25. The Morgan fingerprint density at radius 1 is 1.44 bits per heavy atom. The summed E-state index contributed by atoms with van der Waals surface area (Å²) in [5.74, 6) is 0.370. The number of aromatic nitrogens is 3. The maximum absolute atomic E-state index is 12.2. The molecular formula is C16H19N5O4. The van der Waals surface area contributed by atoms with Crippen LogP contribution in [0.15, 0.2) is 30.9 Å². The molecule has 1 N–H and O–H groups in total. The Kier molecular flexibility index (Phi) is 5.34. The molecular weight excluding hydrogens is 326 g/mol. The zero-order valence-corrected chi connectivity index (χ0v) is 13.6. The van der Waals surface area contributed by atoms with Crippen molar-refractivity contribution in [3.8, 4) is 5.69 Å². The lowest BCUT2D eigenvalue weighted by atomic mass is 10.1. The topological polar surface area (TPSA) is 112 Å². The van der Waals surface area contributed by atoms with Crippen LogP contribution in [0.1, 0.15) is 29.6 Å². The molecule has 1 amide bonds. The quantitative estimate of drug-likeness (QED) is 0.421. The van der Waals surface area contributed by atoms with Gasteiger partial charge in [-0.2, -0.15) is 5.10 Å². The van der Waals surface area contributed by atoms with Gasteiger partial charge in [0, 0.05) is 31.4 Å². The molecule has 0 bridgehead atoms. The molecule has 9 nitrogen and oxygen atoms in total. The molecule has 0 unspecified atom stereocenters. The number of ether oxygens (including phenoxy) is 1. The molecule has 1 fully saturated rings. The van der Waals surface area contributed by atoms with Gasteiger partial charge in [-0.15, -0.1) is 0 Å². The Bertz CT molecular complexity index is 743. The highest BCUT2D eigenvalue weighted by atomic mass is 16.6. The summed E-state index contributed by atoms with van der Waals surface area (Å²) in [6.07, 6.45) is 5.86. The van der Waals surface area contributed by atoms with Crippen molar-refractivity contribution in [2.45, 2.75) is 19.3 Å². The van der Waals surface area contributed by atoms with E-state index >= 15 is 0 Å². The van der Waals surface area contributed by atoms with Gasteiger partial charge in [0.1, 0.15) is 18.3 Å². The number of amides is 1. The molecule has 2 aromatic rings. The van der Waals surface area contributed by atoms with Crippen LogP contribution < -0.4 is 5.32 Å². The van der Waals surface area contributed by atoms with Crippen molar-refractivity contribution < 1.29 is 14.5 Å². The van der Waals surface area contributed by atoms with E-state index in [0.29, 0.717) is 19.6 Å². The van der Waals surface area contributed by atoms with Gasteiger partial charge < -0.3 is 10.1 Å². The number of carbonyl (C=O) groups excluding carboxylic acids is 1. The number of nitro benzene ring substituents is 1. The molecule has 1 heterocycles. The average Bonchev–Trinajstić information content (AvgIpc) is 3.27. The lowest BCUT2D eigenvalue weighted by Gasteiger charge is -2.07. The standard InChI is InChI=1S/C16H19N5O4/c22-16(18-6-1-7-25-9-12-2-3-12)13-4-5-14(15(8-13)21(23)24)20-11-17-10-19-20/h4-5,8,10-12H,1-3,6-7,9H2,(H,18,22). The average molecular weight is 345 g/mol. The Morgan fingerprint density at radius 2 is 2.28 bits per heavy atom. The molecule has 0 saturated heterocycles. The monoisotopic (exact) mass is 345 g/mol. The summed E-state index contributed by atoms with van der Waals surface area (Å²) in [7, 11) is 0. The summed E-state index contributed by atoms with van der Waals surface area (Å²) < 4.78 is 6.79. The Hall–Kier alpha value is -2.81. The molecule has 0 aliphatic heterocycles. The second kappa shape index (κ2) is 7.84. The van der Waals surface area contributed by atoms with Crippen molar-refractivity contribution >= 4 is 11.6 Å². The van der Waals surface area contributed by atoms with E-state index < -0.39 is 4.92 Å². The predicted octanol–water partition coefficient (Wildman–Crippen LogP) is 1.72.